The molecule has 0 spiro atoms. The largest absolute Gasteiger partial charge is 0.493 e. The summed E-state index contributed by atoms with van der Waals surface area (Å²) in [4.78, 5) is 38.1. The summed E-state index contributed by atoms with van der Waals surface area (Å²) in [6, 6.07) is 12.1. The molecule has 1 aliphatic rings. The third-order valence-electron chi connectivity index (χ3n) is 3.83. The van der Waals surface area contributed by atoms with Crippen LogP contribution in [0.4, 0.5) is 0 Å². The molecular weight excluding hydrogens is 310 g/mol. The second-order valence-corrected chi connectivity index (χ2v) is 5.27. The van der Waals surface area contributed by atoms with Crippen molar-refractivity contribution in [2.24, 2.45) is 0 Å². The molecule has 2 aromatic rings. The van der Waals surface area contributed by atoms with E-state index in [0.717, 1.165) is 4.90 Å². The van der Waals surface area contributed by atoms with Gasteiger partial charge in [0, 0.05) is 0 Å². The Kier molecular flexibility index (Phi) is 4.04. The molecule has 1 aliphatic heterocycles. The third-order valence-corrected chi connectivity index (χ3v) is 3.83. The van der Waals surface area contributed by atoms with Crippen LogP contribution in [0.2, 0.25) is 0 Å². The van der Waals surface area contributed by atoms with Crippen LogP contribution in [0.15, 0.2) is 48.5 Å². The van der Waals surface area contributed by atoms with Crippen molar-refractivity contribution in [1.82, 2.24) is 4.90 Å². The van der Waals surface area contributed by atoms with Crippen LogP contribution in [-0.4, -0.2) is 35.8 Å². The number of methoxy groups -OCH3 is 1. The number of ether oxygens (including phenoxy) is 2. The van der Waals surface area contributed by atoms with Crippen molar-refractivity contribution in [3.63, 3.8) is 0 Å². The van der Waals surface area contributed by atoms with Crippen molar-refractivity contribution in [3.05, 3.63) is 59.7 Å². The minimum Gasteiger partial charge on any atom is -0.493 e. The summed E-state index contributed by atoms with van der Waals surface area (Å²) in [7, 11) is 1.46. The lowest BCUT2D eigenvalue weighted by atomic mass is 10.1. The molecular formula is C18H15NO5. The topological polar surface area (TPSA) is 72.9 Å². The summed E-state index contributed by atoms with van der Waals surface area (Å²) in [5, 5.41) is 0. The van der Waals surface area contributed by atoms with Crippen molar-refractivity contribution < 1.29 is 23.9 Å². The second-order valence-electron chi connectivity index (χ2n) is 5.27. The summed E-state index contributed by atoms with van der Waals surface area (Å²) < 4.78 is 10.4. The number of amides is 2. The number of fused-ring (bicyclic) bond motifs is 1. The number of esters is 1. The number of rotatable bonds is 4. The first-order chi connectivity index (χ1) is 11.5. The summed E-state index contributed by atoms with van der Waals surface area (Å²) in [5.41, 5.74) is 0.582. The highest BCUT2D eigenvalue weighted by atomic mass is 16.6. The van der Waals surface area contributed by atoms with Gasteiger partial charge in [-0.25, -0.2) is 4.79 Å². The van der Waals surface area contributed by atoms with Gasteiger partial charge < -0.3 is 9.47 Å². The first kappa shape index (κ1) is 15.7. The lowest BCUT2D eigenvalue weighted by molar-refractivity contribution is -0.138. The van der Waals surface area contributed by atoms with Gasteiger partial charge >= 0.3 is 5.97 Å². The summed E-state index contributed by atoms with van der Waals surface area (Å²) in [6.45, 7) is 1.46. The van der Waals surface area contributed by atoms with Gasteiger partial charge in [0.2, 0.25) is 0 Å². The van der Waals surface area contributed by atoms with E-state index in [1.54, 1.807) is 48.5 Å². The van der Waals surface area contributed by atoms with Gasteiger partial charge in [-0.3, -0.25) is 14.5 Å². The van der Waals surface area contributed by atoms with Gasteiger partial charge in [0.1, 0.15) is 6.04 Å². The minimum absolute atomic E-state index is 0.230. The lowest BCUT2D eigenvalue weighted by Crippen LogP contribution is -2.44. The lowest BCUT2D eigenvalue weighted by Gasteiger charge is -2.21. The number of nitrogens with zero attached hydrogens (tertiary/aromatic N) is 1. The van der Waals surface area contributed by atoms with Crippen LogP contribution in [0.1, 0.15) is 27.6 Å². The maximum atomic E-state index is 12.4. The van der Waals surface area contributed by atoms with Gasteiger partial charge in [0.05, 0.1) is 18.2 Å². The molecule has 0 fully saturated rings. The van der Waals surface area contributed by atoms with Crippen LogP contribution in [0.3, 0.4) is 0 Å². The van der Waals surface area contributed by atoms with Crippen LogP contribution in [0, 0.1) is 0 Å². The minimum atomic E-state index is -1.05. The van der Waals surface area contributed by atoms with E-state index in [0.29, 0.717) is 16.9 Å². The monoisotopic (exact) mass is 325 g/mol. The molecule has 1 atom stereocenters. The number of benzene rings is 2. The molecule has 0 saturated carbocycles. The van der Waals surface area contributed by atoms with Crippen LogP contribution >= 0.6 is 0 Å². The fourth-order valence-electron chi connectivity index (χ4n) is 2.56. The molecule has 122 valence electrons. The van der Waals surface area contributed by atoms with E-state index < -0.39 is 23.8 Å². The predicted molar refractivity (Wildman–Crippen MR) is 85.0 cm³/mol. The summed E-state index contributed by atoms with van der Waals surface area (Å²) >= 11 is 0. The average Bonchev–Trinajstić information content (AvgIpc) is 2.86. The first-order valence-corrected chi connectivity index (χ1v) is 7.36. The number of para-hydroxylation sites is 2. The van der Waals surface area contributed by atoms with E-state index in [-0.39, 0.29) is 5.75 Å². The normalized spacial score (nSPS) is 14.3. The molecule has 6 nitrogen and oxygen atoms in total. The molecule has 0 aliphatic carbocycles. The SMILES string of the molecule is COc1ccccc1OC(=O)[C@@H](C)N1C(=O)c2ccccc2C1=O. The Bertz CT molecular complexity index is 795. The Morgan fingerprint density at radius 2 is 1.42 bits per heavy atom. The van der Waals surface area contributed by atoms with Crippen molar-refractivity contribution >= 4 is 17.8 Å². The zero-order chi connectivity index (χ0) is 17.3. The number of carbonyl (C=O) groups excluding carboxylic acids is 3. The zero-order valence-corrected chi connectivity index (χ0v) is 13.2. The molecule has 0 N–H and O–H groups in total. The van der Waals surface area contributed by atoms with E-state index in [1.807, 2.05) is 0 Å². The number of hydrogen-bond donors (Lipinski definition) is 0. The highest BCUT2D eigenvalue weighted by Gasteiger charge is 2.41. The Balaban J connectivity index is 1.82. The molecule has 24 heavy (non-hydrogen) atoms. The molecule has 0 saturated heterocycles. The fourth-order valence-corrected chi connectivity index (χ4v) is 2.56. The summed E-state index contributed by atoms with van der Waals surface area (Å²) in [5.74, 6) is -1.09. The molecule has 6 heteroatoms. The number of hydrogen-bond acceptors (Lipinski definition) is 5. The molecule has 2 amide bonds. The number of carbonyl (C=O) groups is 3. The van der Waals surface area contributed by atoms with Gasteiger partial charge in [-0.2, -0.15) is 0 Å². The second kappa shape index (κ2) is 6.16. The van der Waals surface area contributed by atoms with E-state index >= 15 is 0 Å². The van der Waals surface area contributed by atoms with Gasteiger partial charge in [-0.15, -0.1) is 0 Å². The maximum Gasteiger partial charge on any atom is 0.334 e. The quantitative estimate of drug-likeness (QED) is 0.490. The fraction of sp³-hybridized carbons (Fsp3) is 0.167. The smallest absolute Gasteiger partial charge is 0.334 e. The van der Waals surface area contributed by atoms with E-state index in [4.69, 9.17) is 9.47 Å². The van der Waals surface area contributed by atoms with E-state index in [2.05, 4.69) is 0 Å². The van der Waals surface area contributed by atoms with E-state index in [9.17, 15) is 14.4 Å². The molecule has 0 unspecified atom stereocenters. The Hall–Kier alpha value is -3.15. The van der Waals surface area contributed by atoms with Crippen molar-refractivity contribution in [2.45, 2.75) is 13.0 Å². The molecule has 0 bridgehead atoms. The molecule has 2 aromatic carbocycles. The predicted octanol–water partition coefficient (Wildman–Crippen LogP) is 2.29. The van der Waals surface area contributed by atoms with Gasteiger partial charge in [-0.05, 0) is 31.2 Å². The number of imide groups is 1. The Morgan fingerprint density at radius 1 is 0.917 bits per heavy atom. The van der Waals surface area contributed by atoms with Gasteiger partial charge in [-0.1, -0.05) is 24.3 Å². The van der Waals surface area contributed by atoms with Crippen LogP contribution in [-0.2, 0) is 4.79 Å². The Morgan fingerprint density at radius 3 is 1.96 bits per heavy atom. The van der Waals surface area contributed by atoms with Crippen LogP contribution < -0.4 is 9.47 Å². The van der Waals surface area contributed by atoms with E-state index in [1.165, 1.54) is 14.0 Å². The zero-order valence-electron chi connectivity index (χ0n) is 13.2. The standard InChI is InChI=1S/C18H15NO5/c1-11(18(22)24-15-10-6-5-9-14(15)23-2)19-16(20)12-7-3-4-8-13(12)17(19)21/h3-11H,1-2H3/t11-/m1/s1. The van der Waals surface area contributed by atoms with Crippen molar-refractivity contribution in [3.8, 4) is 11.5 Å². The van der Waals surface area contributed by atoms with Crippen molar-refractivity contribution in [2.75, 3.05) is 7.11 Å². The highest BCUT2D eigenvalue weighted by Crippen LogP contribution is 2.28. The molecule has 0 aromatic heterocycles. The van der Waals surface area contributed by atoms with Crippen LogP contribution in [0.5, 0.6) is 11.5 Å². The Labute approximate surface area is 138 Å². The van der Waals surface area contributed by atoms with Gasteiger partial charge in [0.15, 0.2) is 11.5 Å². The average molecular weight is 325 g/mol. The maximum absolute atomic E-state index is 12.4. The summed E-state index contributed by atoms with van der Waals surface area (Å²) in [6.07, 6.45) is 0. The molecule has 3 rings (SSSR count). The third kappa shape index (κ3) is 2.52. The molecule has 0 radical (unpaired) electrons. The van der Waals surface area contributed by atoms with Crippen molar-refractivity contribution in [1.29, 1.82) is 0 Å². The highest BCUT2D eigenvalue weighted by molar-refractivity contribution is 6.22. The molecule has 1 heterocycles. The first-order valence-electron chi connectivity index (χ1n) is 7.36. The van der Waals surface area contributed by atoms with Crippen LogP contribution in [0.25, 0.3) is 0 Å². The van der Waals surface area contributed by atoms with Gasteiger partial charge in [0.25, 0.3) is 11.8 Å².